The van der Waals surface area contributed by atoms with Crippen molar-refractivity contribution in [1.82, 2.24) is 0 Å². The van der Waals surface area contributed by atoms with Crippen LogP contribution >= 0.6 is 24.4 Å². The van der Waals surface area contributed by atoms with Crippen LogP contribution in [0.15, 0.2) is 0 Å². The van der Waals surface area contributed by atoms with Gasteiger partial charge in [0.25, 0.3) is 0 Å². The van der Waals surface area contributed by atoms with Crippen LogP contribution < -0.4 is 0 Å². The largest absolute Gasteiger partial charge is 0.390 e. The van der Waals surface area contributed by atoms with Crippen LogP contribution in [0.2, 0.25) is 0 Å². The lowest BCUT2D eigenvalue weighted by atomic mass is 10.3. The van der Waals surface area contributed by atoms with Crippen LogP contribution in [-0.4, -0.2) is 39.2 Å². The molecule has 2 N–H and O–H groups in total. The van der Waals surface area contributed by atoms with Gasteiger partial charge < -0.3 is 10.2 Å². The van der Waals surface area contributed by atoms with Crippen molar-refractivity contribution in [3.8, 4) is 0 Å². The smallest absolute Gasteiger partial charge is 0.0897 e. The third-order valence-electron chi connectivity index (χ3n) is 1.23. The summed E-state index contributed by atoms with van der Waals surface area (Å²) in [6.07, 6.45) is -1.33. The summed E-state index contributed by atoms with van der Waals surface area (Å²) in [6.45, 7) is 4.12. The third-order valence-corrected chi connectivity index (χ3v) is 2.81. The molecular formula is C7H16O2S2. The van der Waals surface area contributed by atoms with Gasteiger partial charge in [0.2, 0.25) is 0 Å². The first kappa shape index (κ1) is 11.6. The molecule has 0 radical (unpaired) electrons. The molecular weight excluding hydrogens is 180 g/mol. The van der Waals surface area contributed by atoms with Gasteiger partial charge in [-0.3, -0.25) is 0 Å². The number of aliphatic hydroxyl groups excluding tert-OH is 2. The molecule has 11 heavy (non-hydrogen) atoms. The van der Waals surface area contributed by atoms with E-state index in [2.05, 4.69) is 26.5 Å². The Bertz CT molecular complexity index is 98.4. The SMILES string of the molecule is CC(C)SCC(O)C(O)CS. The molecule has 0 aromatic rings. The van der Waals surface area contributed by atoms with Gasteiger partial charge >= 0.3 is 0 Å². The highest BCUT2D eigenvalue weighted by molar-refractivity contribution is 7.99. The second-order valence-electron chi connectivity index (χ2n) is 2.70. The first-order chi connectivity index (χ1) is 5.07. The molecule has 0 rings (SSSR count). The van der Waals surface area contributed by atoms with E-state index in [1.807, 2.05) is 0 Å². The van der Waals surface area contributed by atoms with E-state index in [1.54, 1.807) is 11.8 Å². The minimum absolute atomic E-state index is 0.319. The Hall–Kier alpha value is 0.620. The molecule has 0 heterocycles. The minimum Gasteiger partial charge on any atom is -0.390 e. The number of aliphatic hydroxyl groups is 2. The molecule has 0 fully saturated rings. The highest BCUT2D eigenvalue weighted by atomic mass is 32.2. The van der Waals surface area contributed by atoms with Crippen LogP contribution in [0.5, 0.6) is 0 Å². The number of hydrogen-bond acceptors (Lipinski definition) is 4. The average Bonchev–Trinajstić information content (AvgIpc) is 1.98. The maximum atomic E-state index is 9.25. The molecule has 0 amide bonds. The molecule has 0 aliphatic carbocycles. The summed E-state index contributed by atoms with van der Waals surface area (Å²) in [5.74, 6) is 0.902. The molecule has 4 heteroatoms. The van der Waals surface area contributed by atoms with Crippen LogP contribution in [0.3, 0.4) is 0 Å². The Kier molecular flexibility index (Phi) is 6.52. The van der Waals surface area contributed by atoms with Gasteiger partial charge in [0.1, 0.15) is 0 Å². The van der Waals surface area contributed by atoms with Crippen molar-refractivity contribution < 1.29 is 10.2 Å². The predicted molar refractivity (Wildman–Crippen MR) is 53.5 cm³/mol. The monoisotopic (exact) mass is 196 g/mol. The molecule has 0 aromatic heterocycles. The molecule has 2 atom stereocenters. The molecule has 0 aliphatic rings. The van der Waals surface area contributed by atoms with Gasteiger partial charge in [-0.15, -0.1) is 0 Å². The number of thioether (sulfide) groups is 1. The van der Waals surface area contributed by atoms with Crippen molar-refractivity contribution in [2.24, 2.45) is 0 Å². The van der Waals surface area contributed by atoms with Crippen molar-refractivity contribution >= 4 is 24.4 Å². The summed E-state index contributed by atoms with van der Waals surface area (Å²) < 4.78 is 0. The maximum absolute atomic E-state index is 9.25. The van der Waals surface area contributed by atoms with Crippen molar-refractivity contribution in [2.75, 3.05) is 11.5 Å². The standard InChI is InChI=1S/C7H16O2S2/c1-5(2)11-4-7(9)6(8)3-10/h5-10H,3-4H2,1-2H3. The Labute approximate surface area is 77.8 Å². The van der Waals surface area contributed by atoms with Gasteiger partial charge in [0, 0.05) is 11.5 Å². The van der Waals surface area contributed by atoms with E-state index in [9.17, 15) is 5.11 Å². The van der Waals surface area contributed by atoms with E-state index in [1.165, 1.54) is 0 Å². The van der Waals surface area contributed by atoms with Gasteiger partial charge in [-0.2, -0.15) is 24.4 Å². The zero-order chi connectivity index (χ0) is 8.85. The third kappa shape index (κ3) is 5.84. The Morgan fingerprint density at radius 1 is 1.27 bits per heavy atom. The number of thiol groups is 1. The molecule has 68 valence electrons. The molecule has 2 nitrogen and oxygen atoms in total. The average molecular weight is 196 g/mol. The normalized spacial score (nSPS) is 16.9. The quantitative estimate of drug-likeness (QED) is 0.569. The summed E-state index contributed by atoms with van der Waals surface area (Å²) in [5.41, 5.74) is 0. The van der Waals surface area contributed by atoms with Crippen LogP contribution in [0.1, 0.15) is 13.8 Å². The first-order valence-electron chi connectivity index (χ1n) is 3.66. The molecule has 0 spiro atoms. The van der Waals surface area contributed by atoms with Crippen LogP contribution in [0.4, 0.5) is 0 Å². The summed E-state index contributed by atoms with van der Waals surface area (Å²) in [6, 6.07) is 0. The lowest BCUT2D eigenvalue weighted by Gasteiger charge is -2.16. The fourth-order valence-electron chi connectivity index (χ4n) is 0.524. The van der Waals surface area contributed by atoms with Gasteiger partial charge in [-0.05, 0) is 5.25 Å². The van der Waals surface area contributed by atoms with Gasteiger partial charge in [-0.25, -0.2) is 0 Å². The first-order valence-corrected chi connectivity index (χ1v) is 5.34. The fraction of sp³-hybridized carbons (Fsp3) is 1.00. The summed E-state index contributed by atoms with van der Waals surface area (Å²) in [7, 11) is 0. The second kappa shape index (κ2) is 6.17. The summed E-state index contributed by atoms with van der Waals surface area (Å²) >= 11 is 5.52. The lowest BCUT2D eigenvalue weighted by Crippen LogP contribution is -2.29. The van der Waals surface area contributed by atoms with Crippen molar-refractivity contribution in [2.45, 2.75) is 31.3 Å². The Morgan fingerprint density at radius 3 is 2.18 bits per heavy atom. The van der Waals surface area contributed by atoms with E-state index in [-0.39, 0.29) is 0 Å². The highest BCUT2D eigenvalue weighted by Crippen LogP contribution is 2.12. The van der Waals surface area contributed by atoms with Crippen molar-refractivity contribution in [3.63, 3.8) is 0 Å². The maximum Gasteiger partial charge on any atom is 0.0897 e. The Morgan fingerprint density at radius 2 is 1.82 bits per heavy atom. The zero-order valence-corrected chi connectivity index (χ0v) is 8.61. The highest BCUT2D eigenvalue weighted by Gasteiger charge is 2.14. The molecule has 0 saturated heterocycles. The van der Waals surface area contributed by atoms with Crippen molar-refractivity contribution in [3.05, 3.63) is 0 Å². The van der Waals surface area contributed by atoms with Gasteiger partial charge in [-0.1, -0.05) is 13.8 Å². The zero-order valence-electron chi connectivity index (χ0n) is 6.90. The van der Waals surface area contributed by atoms with Gasteiger partial charge in [0.05, 0.1) is 12.2 Å². The van der Waals surface area contributed by atoms with Crippen molar-refractivity contribution in [1.29, 1.82) is 0 Å². The van der Waals surface area contributed by atoms with Crippen LogP contribution in [0.25, 0.3) is 0 Å². The van der Waals surface area contributed by atoms with E-state index < -0.39 is 12.2 Å². The van der Waals surface area contributed by atoms with E-state index in [4.69, 9.17) is 5.11 Å². The molecule has 0 saturated carbocycles. The van der Waals surface area contributed by atoms with Gasteiger partial charge in [0.15, 0.2) is 0 Å². The van der Waals surface area contributed by atoms with Crippen LogP contribution in [-0.2, 0) is 0 Å². The van der Waals surface area contributed by atoms with E-state index in [0.29, 0.717) is 16.8 Å². The topological polar surface area (TPSA) is 40.5 Å². The fourth-order valence-corrected chi connectivity index (χ4v) is 1.57. The predicted octanol–water partition coefficient (Wildman–Crippen LogP) is 0.780. The van der Waals surface area contributed by atoms with Crippen LogP contribution in [0, 0.1) is 0 Å². The molecule has 2 unspecified atom stereocenters. The summed E-state index contributed by atoms with van der Waals surface area (Å²) in [5, 5.41) is 18.8. The lowest BCUT2D eigenvalue weighted by molar-refractivity contribution is 0.0502. The minimum atomic E-state index is -0.690. The second-order valence-corrected chi connectivity index (χ2v) is 4.67. The number of rotatable bonds is 5. The molecule has 0 aliphatic heterocycles. The van der Waals surface area contributed by atoms with E-state index in [0.717, 1.165) is 0 Å². The Balaban J connectivity index is 3.43. The molecule has 0 aromatic carbocycles. The summed E-state index contributed by atoms with van der Waals surface area (Å²) in [4.78, 5) is 0. The number of hydrogen-bond donors (Lipinski definition) is 3. The van der Waals surface area contributed by atoms with E-state index >= 15 is 0 Å². The molecule has 0 bridgehead atoms.